The minimum absolute atomic E-state index is 0. The highest BCUT2D eigenvalue weighted by atomic mass is 35.5. The Kier molecular flexibility index (Phi) is 5.81. The number of hydrogen-bond donors (Lipinski definition) is 0. The Morgan fingerprint density at radius 3 is 2.44 bits per heavy atom. The highest BCUT2D eigenvalue weighted by Gasteiger charge is 2.14. The van der Waals surface area contributed by atoms with E-state index in [9.17, 15) is 0 Å². The molecule has 1 aromatic rings. The van der Waals surface area contributed by atoms with Gasteiger partial charge in [-0.1, -0.05) is 30.3 Å². The van der Waals surface area contributed by atoms with Gasteiger partial charge in [0.2, 0.25) is 0 Å². The van der Waals surface area contributed by atoms with Crippen LogP contribution in [0.25, 0.3) is 0 Å². The summed E-state index contributed by atoms with van der Waals surface area (Å²) in [6, 6.07) is 10.7. The van der Waals surface area contributed by atoms with Gasteiger partial charge in [-0.3, -0.25) is 0 Å². The Morgan fingerprint density at radius 2 is 1.75 bits per heavy atom. The Morgan fingerprint density at radius 1 is 1.06 bits per heavy atom. The first-order valence-corrected chi connectivity index (χ1v) is 5.86. The van der Waals surface area contributed by atoms with Gasteiger partial charge in [-0.15, -0.1) is 12.4 Å². The first-order valence-electron chi connectivity index (χ1n) is 5.86. The van der Waals surface area contributed by atoms with Crippen LogP contribution in [-0.4, -0.2) is 36.7 Å². The molecule has 1 fully saturated rings. The number of halogens is 1. The van der Waals surface area contributed by atoms with Crippen molar-refractivity contribution in [3.63, 3.8) is 0 Å². The summed E-state index contributed by atoms with van der Waals surface area (Å²) in [5, 5.41) is 4.84. The molecule has 90 valence electrons. The molecule has 0 N–H and O–H groups in total. The molecule has 0 spiro atoms. The lowest BCUT2D eigenvalue weighted by molar-refractivity contribution is -0.0258. The summed E-state index contributed by atoms with van der Waals surface area (Å²) in [5.74, 6) is 0. The number of hydrazine groups is 1. The van der Waals surface area contributed by atoms with Gasteiger partial charge in [-0.25, -0.2) is 10.0 Å². The van der Waals surface area contributed by atoms with E-state index in [1.165, 1.54) is 31.5 Å². The summed E-state index contributed by atoms with van der Waals surface area (Å²) < 4.78 is 0. The van der Waals surface area contributed by atoms with Crippen molar-refractivity contribution in [3.05, 3.63) is 35.9 Å². The second-order valence-electron chi connectivity index (χ2n) is 4.28. The molecule has 2 nitrogen and oxygen atoms in total. The van der Waals surface area contributed by atoms with E-state index < -0.39 is 0 Å². The molecule has 0 atom stereocenters. The maximum absolute atomic E-state index is 2.47. The smallest absolute Gasteiger partial charge is 0.0173 e. The van der Waals surface area contributed by atoms with E-state index in [-0.39, 0.29) is 12.4 Å². The van der Waals surface area contributed by atoms with E-state index in [1.807, 2.05) is 0 Å². The predicted molar refractivity (Wildman–Crippen MR) is 70.8 cm³/mol. The number of nitrogens with zero attached hydrogens (tertiary/aromatic N) is 2. The lowest BCUT2D eigenvalue weighted by Crippen LogP contribution is -2.45. The first kappa shape index (κ1) is 13.5. The van der Waals surface area contributed by atoms with Crippen LogP contribution in [0, 0.1) is 0 Å². The van der Waals surface area contributed by atoms with Crippen LogP contribution in [0.1, 0.15) is 18.4 Å². The van der Waals surface area contributed by atoms with Gasteiger partial charge in [0.05, 0.1) is 0 Å². The molecule has 0 bridgehead atoms. The fourth-order valence-corrected chi connectivity index (χ4v) is 2.13. The van der Waals surface area contributed by atoms with Crippen molar-refractivity contribution in [1.82, 2.24) is 10.0 Å². The average molecular weight is 241 g/mol. The maximum Gasteiger partial charge on any atom is 0.0173 e. The molecular weight excluding hydrogens is 220 g/mol. The highest BCUT2D eigenvalue weighted by Crippen LogP contribution is 2.09. The van der Waals surface area contributed by atoms with Crippen LogP contribution in [-0.2, 0) is 6.42 Å². The molecule has 2 rings (SSSR count). The van der Waals surface area contributed by atoms with E-state index in [0.29, 0.717) is 0 Å². The highest BCUT2D eigenvalue weighted by molar-refractivity contribution is 5.85. The maximum atomic E-state index is 2.47. The van der Waals surface area contributed by atoms with Crippen LogP contribution in [0.5, 0.6) is 0 Å². The SMILES string of the molecule is CN1CCCCN1CCc1ccccc1.Cl. The van der Waals surface area contributed by atoms with Crippen molar-refractivity contribution in [2.24, 2.45) is 0 Å². The van der Waals surface area contributed by atoms with Crippen molar-refractivity contribution in [1.29, 1.82) is 0 Å². The van der Waals surface area contributed by atoms with Crippen LogP contribution in [0.15, 0.2) is 30.3 Å². The Hall–Kier alpha value is -0.570. The molecule has 1 heterocycles. The van der Waals surface area contributed by atoms with Gasteiger partial charge in [-0.2, -0.15) is 0 Å². The second kappa shape index (κ2) is 6.89. The molecule has 1 aromatic carbocycles. The van der Waals surface area contributed by atoms with E-state index in [2.05, 4.69) is 47.4 Å². The Bertz CT molecular complexity index is 289. The first-order chi connectivity index (χ1) is 7.36. The molecule has 0 amide bonds. The summed E-state index contributed by atoms with van der Waals surface area (Å²) in [6.45, 7) is 3.60. The van der Waals surface area contributed by atoms with Crippen molar-refractivity contribution in [2.45, 2.75) is 19.3 Å². The zero-order chi connectivity index (χ0) is 10.5. The van der Waals surface area contributed by atoms with Crippen molar-refractivity contribution in [2.75, 3.05) is 26.7 Å². The van der Waals surface area contributed by atoms with Crippen LogP contribution < -0.4 is 0 Å². The summed E-state index contributed by atoms with van der Waals surface area (Å²) in [5.41, 5.74) is 1.44. The Labute approximate surface area is 105 Å². The van der Waals surface area contributed by atoms with Crippen LogP contribution in [0.2, 0.25) is 0 Å². The third-order valence-corrected chi connectivity index (χ3v) is 3.13. The zero-order valence-electron chi connectivity index (χ0n) is 9.93. The minimum atomic E-state index is 0. The molecule has 0 unspecified atom stereocenters. The van der Waals surface area contributed by atoms with E-state index in [4.69, 9.17) is 0 Å². The van der Waals surface area contributed by atoms with Crippen molar-refractivity contribution >= 4 is 12.4 Å². The Balaban J connectivity index is 0.00000128. The molecule has 16 heavy (non-hydrogen) atoms. The number of benzene rings is 1. The quantitative estimate of drug-likeness (QED) is 0.802. The lowest BCUT2D eigenvalue weighted by atomic mass is 10.1. The number of hydrogen-bond acceptors (Lipinski definition) is 2. The molecule has 1 saturated heterocycles. The van der Waals surface area contributed by atoms with Crippen LogP contribution >= 0.6 is 12.4 Å². The van der Waals surface area contributed by atoms with E-state index in [0.717, 1.165) is 13.0 Å². The van der Waals surface area contributed by atoms with Crippen LogP contribution in [0.4, 0.5) is 0 Å². The van der Waals surface area contributed by atoms with Crippen LogP contribution in [0.3, 0.4) is 0 Å². The predicted octanol–water partition coefficient (Wildman–Crippen LogP) is 2.59. The summed E-state index contributed by atoms with van der Waals surface area (Å²) in [4.78, 5) is 0. The lowest BCUT2D eigenvalue weighted by Gasteiger charge is -2.36. The molecule has 0 aromatic heterocycles. The fraction of sp³-hybridized carbons (Fsp3) is 0.538. The number of rotatable bonds is 3. The minimum Gasteiger partial charge on any atom is -0.245 e. The monoisotopic (exact) mass is 240 g/mol. The fourth-order valence-electron chi connectivity index (χ4n) is 2.13. The molecule has 3 heteroatoms. The van der Waals surface area contributed by atoms with Gasteiger partial charge in [0, 0.05) is 26.7 Å². The molecule has 1 aliphatic heterocycles. The second-order valence-corrected chi connectivity index (χ2v) is 4.28. The van der Waals surface area contributed by atoms with Gasteiger partial charge in [0.1, 0.15) is 0 Å². The third kappa shape index (κ3) is 3.78. The topological polar surface area (TPSA) is 6.48 Å². The molecule has 1 aliphatic rings. The molecular formula is C13H21ClN2. The van der Waals surface area contributed by atoms with E-state index in [1.54, 1.807) is 0 Å². The summed E-state index contributed by atoms with van der Waals surface area (Å²) >= 11 is 0. The van der Waals surface area contributed by atoms with Crippen molar-refractivity contribution < 1.29 is 0 Å². The normalized spacial score (nSPS) is 18.1. The zero-order valence-corrected chi connectivity index (χ0v) is 10.7. The van der Waals surface area contributed by atoms with Crippen molar-refractivity contribution in [3.8, 4) is 0 Å². The molecule has 0 aliphatic carbocycles. The largest absolute Gasteiger partial charge is 0.245 e. The summed E-state index contributed by atoms with van der Waals surface area (Å²) in [6.07, 6.45) is 3.85. The average Bonchev–Trinajstić information content (AvgIpc) is 2.29. The molecule has 0 saturated carbocycles. The summed E-state index contributed by atoms with van der Waals surface area (Å²) in [7, 11) is 2.20. The third-order valence-electron chi connectivity index (χ3n) is 3.13. The van der Waals surface area contributed by atoms with E-state index >= 15 is 0 Å². The van der Waals surface area contributed by atoms with Gasteiger partial charge < -0.3 is 0 Å². The molecule has 0 radical (unpaired) electrons. The van der Waals surface area contributed by atoms with Gasteiger partial charge in [-0.05, 0) is 24.8 Å². The van der Waals surface area contributed by atoms with Gasteiger partial charge in [0.25, 0.3) is 0 Å². The standard InChI is InChI=1S/C13H20N2.ClH/c1-14-10-5-6-11-15(14)12-9-13-7-3-2-4-8-13;/h2-4,7-8H,5-6,9-12H2,1H3;1H. The van der Waals surface area contributed by atoms with Gasteiger partial charge in [0.15, 0.2) is 0 Å². The van der Waals surface area contributed by atoms with Gasteiger partial charge >= 0.3 is 0 Å².